The summed E-state index contributed by atoms with van der Waals surface area (Å²) in [6.45, 7) is 1.48. The van der Waals surface area contributed by atoms with Gasteiger partial charge in [0.05, 0.1) is 19.3 Å². The molecule has 0 spiro atoms. The number of nitrogens with one attached hydrogen (secondary N) is 1. The van der Waals surface area contributed by atoms with Gasteiger partial charge in [-0.05, 0) is 18.1 Å². The lowest BCUT2D eigenvalue weighted by molar-refractivity contribution is -0.137. The predicted octanol–water partition coefficient (Wildman–Crippen LogP) is 2.22. The molecule has 0 aliphatic carbocycles. The minimum Gasteiger partial charge on any atom is -0.468 e. The molecule has 1 atom stereocenters. The fourth-order valence-electron chi connectivity index (χ4n) is 2.89. The van der Waals surface area contributed by atoms with E-state index in [1.54, 1.807) is 11.8 Å². The number of aromatic nitrogens is 1. The van der Waals surface area contributed by atoms with Crippen LogP contribution in [0.25, 0.3) is 10.9 Å². The zero-order valence-electron chi connectivity index (χ0n) is 13.1. The molecule has 1 aromatic carbocycles. The van der Waals surface area contributed by atoms with E-state index in [9.17, 15) is 9.59 Å². The Hall–Kier alpha value is -1.95. The minimum atomic E-state index is -0.210. The first-order valence-corrected chi connectivity index (χ1v) is 8.73. The van der Waals surface area contributed by atoms with Crippen molar-refractivity contribution < 1.29 is 14.3 Å². The first-order valence-electron chi connectivity index (χ1n) is 7.68. The summed E-state index contributed by atoms with van der Waals surface area (Å²) in [6, 6.07) is 8.01. The van der Waals surface area contributed by atoms with E-state index in [2.05, 4.69) is 9.72 Å². The van der Waals surface area contributed by atoms with Gasteiger partial charge in [-0.15, -0.1) is 11.8 Å². The van der Waals surface area contributed by atoms with Gasteiger partial charge in [0.1, 0.15) is 0 Å². The van der Waals surface area contributed by atoms with Crippen LogP contribution in [0.15, 0.2) is 30.5 Å². The van der Waals surface area contributed by atoms with Crippen LogP contribution in [-0.2, 0) is 20.7 Å². The van der Waals surface area contributed by atoms with Gasteiger partial charge in [0.2, 0.25) is 5.91 Å². The van der Waals surface area contributed by atoms with Crippen molar-refractivity contribution in [3.05, 3.63) is 36.0 Å². The van der Waals surface area contributed by atoms with Gasteiger partial charge in [-0.25, -0.2) is 0 Å². The Morgan fingerprint density at radius 2 is 2.22 bits per heavy atom. The third-order valence-electron chi connectivity index (χ3n) is 4.18. The van der Waals surface area contributed by atoms with Crippen molar-refractivity contribution in [2.24, 2.45) is 0 Å². The zero-order valence-corrected chi connectivity index (χ0v) is 13.9. The Balaban J connectivity index is 1.56. The molecule has 23 heavy (non-hydrogen) atoms. The molecule has 0 radical (unpaired) electrons. The molecule has 3 rings (SSSR count). The third kappa shape index (κ3) is 3.69. The van der Waals surface area contributed by atoms with Gasteiger partial charge >= 0.3 is 5.97 Å². The number of rotatable bonds is 5. The number of aromatic amines is 1. The van der Waals surface area contributed by atoms with Gasteiger partial charge in [-0.3, -0.25) is 9.59 Å². The molecule has 1 aliphatic heterocycles. The number of thioether (sulfide) groups is 1. The summed E-state index contributed by atoms with van der Waals surface area (Å²) in [5.74, 6) is 0.292. The lowest BCUT2D eigenvalue weighted by atomic mass is 10.1. The van der Waals surface area contributed by atoms with Crippen LogP contribution in [-0.4, -0.2) is 53.0 Å². The maximum atomic E-state index is 12.5. The number of ether oxygens (including phenoxy) is 1. The monoisotopic (exact) mass is 332 g/mol. The first-order chi connectivity index (χ1) is 11.2. The largest absolute Gasteiger partial charge is 0.468 e. The molecule has 1 unspecified atom stereocenters. The molecular formula is C17H20N2O3S. The second-order valence-electron chi connectivity index (χ2n) is 5.67. The van der Waals surface area contributed by atoms with E-state index in [1.807, 2.05) is 35.4 Å². The number of nitrogens with zero attached hydrogens (tertiary/aromatic N) is 1. The molecule has 1 N–H and O–H groups in total. The van der Waals surface area contributed by atoms with Crippen molar-refractivity contribution in [2.75, 3.05) is 26.0 Å². The molecule has 2 heterocycles. The molecule has 0 saturated carbocycles. The van der Waals surface area contributed by atoms with Gasteiger partial charge in [0.15, 0.2) is 0 Å². The van der Waals surface area contributed by atoms with Crippen LogP contribution in [0.1, 0.15) is 12.0 Å². The summed E-state index contributed by atoms with van der Waals surface area (Å²) >= 11 is 1.57. The number of para-hydroxylation sites is 1. The maximum Gasteiger partial charge on any atom is 0.315 e. The number of carbonyl (C=O) groups excluding carboxylic acids is 2. The van der Waals surface area contributed by atoms with Crippen LogP contribution in [0, 0.1) is 0 Å². The lowest BCUT2D eigenvalue weighted by Crippen LogP contribution is -2.30. The van der Waals surface area contributed by atoms with E-state index in [1.165, 1.54) is 7.11 Å². The molecule has 1 aliphatic rings. The average molecular weight is 332 g/mol. The highest BCUT2D eigenvalue weighted by molar-refractivity contribution is 8.00. The molecule has 5 nitrogen and oxygen atoms in total. The molecule has 6 heteroatoms. The summed E-state index contributed by atoms with van der Waals surface area (Å²) in [4.78, 5) is 28.8. The molecule has 1 saturated heterocycles. The SMILES string of the molecule is COC(=O)CSC1CCN(C(=O)Cc2c[nH]c3ccccc23)C1. The minimum absolute atomic E-state index is 0.149. The third-order valence-corrected chi connectivity index (χ3v) is 5.44. The Labute approximate surface area is 139 Å². The van der Waals surface area contributed by atoms with Gasteiger partial charge < -0.3 is 14.6 Å². The summed E-state index contributed by atoms with van der Waals surface area (Å²) in [5, 5.41) is 1.43. The second-order valence-corrected chi connectivity index (χ2v) is 6.96. The van der Waals surface area contributed by atoms with Crippen LogP contribution >= 0.6 is 11.8 Å². The zero-order chi connectivity index (χ0) is 16.2. The number of amides is 1. The number of fused-ring (bicyclic) bond motifs is 1. The summed E-state index contributed by atoms with van der Waals surface area (Å²) in [6.07, 6.45) is 3.27. The number of carbonyl (C=O) groups is 2. The van der Waals surface area contributed by atoms with E-state index in [4.69, 9.17) is 0 Å². The normalized spacial score (nSPS) is 17.6. The summed E-state index contributed by atoms with van der Waals surface area (Å²) < 4.78 is 4.65. The molecule has 1 amide bonds. The van der Waals surface area contributed by atoms with Crippen LogP contribution in [0.4, 0.5) is 0 Å². The lowest BCUT2D eigenvalue weighted by Gasteiger charge is -2.16. The molecular weight excluding hydrogens is 312 g/mol. The highest BCUT2D eigenvalue weighted by Gasteiger charge is 2.27. The van der Waals surface area contributed by atoms with Gasteiger partial charge in [0, 0.05) is 35.4 Å². The maximum absolute atomic E-state index is 12.5. The van der Waals surface area contributed by atoms with E-state index < -0.39 is 0 Å². The van der Waals surface area contributed by atoms with Crippen LogP contribution in [0.2, 0.25) is 0 Å². The molecule has 1 fully saturated rings. The molecule has 0 bridgehead atoms. The van der Waals surface area contributed by atoms with Crippen LogP contribution < -0.4 is 0 Å². The van der Waals surface area contributed by atoms with Crippen molar-refractivity contribution in [2.45, 2.75) is 18.1 Å². The standard InChI is InChI=1S/C17H20N2O3S/c1-22-17(21)11-23-13-6-7-19(10-13)16(20)8-12-9-18-15-5-3-2-4-14(12)15/h2-5,9,13,18H,6-8,10-11H2,1H3. The number of methoxy groups -OCH3 is 1. The first kappa shape index (κ1) is 15.9. The second kappa shape index (κ2) is 7.08. The number of esters is 1. The van der Waals surface area contributed by atoms with E-state index >= 15 is 0 Å². The van der Waals surface area contributed by atoms with Gasteiger partial charge in [-0.1, -0.05) is 18.2 Å². The van der Waals surface area contributed by atoms with Crippen molar-refractivity contribution in [1.82, 2.24) is 9.88 Å². The van der Waals surface area contributed by atoms with Crippen molar-refractivity contribution in [1.29, 1.82) is 0 Å². The van der Waals surface area contributed by atoms with Crippen LogP contribution in [0.5, 0.6) is 0 Å². The number of hydrogen-bond donors (Lipinski definition) is 1. The van der Waals surface area contributed by atoms with Crippen molar-refractivity contribution >= 4 is 34.5 Å². The van der Waals surface area contributed by atoms with Crippen LogP contribution in [0.3, 0.4) is 0 Å². The van der Waals surface area contributed by atoms with Crippen molar-refractivity contribution in [3.8, 4) is 0 Å². The predicted molar refractivity (Wildman–Crippen MR) is 91.5 cm³/mol. The number of hydrogen-bond acceptors (Lipinski definition) is 4. The number of H-pyrrole nitrogens is 1. The quantitative estimate of drug-likeness (QED) is 0.853. The Morgan fingerprint density at radius 1 is 1.39 bits per heavy atom. The topological polar surface area (TPSA) is 62.4 Å². The highest BCUT2D eigenvalue weighted by atomic mass is 32.2. The van der Waals surface area contributed by atoms with Gasteiger partial charge in [0.25, 0.3) is 0 Å². The number of likely N-dealkylation sites (tertiary alicyclic amines) is 1. The fraction of sp³-hybridized carbons (Fsp3) is 0.412. The smallest absolute Gasteiger partial charge is 0.315 e. The Morgan fingerprint density at radius 3 is 3.04 bits per heavy atom. The van der Waals surface area contributed by atoms with E-state index in [0.29, 0.717) is 24.0 Å². The Bertz CT molecular complexity index is 713. The molecule has 2 aromatic rings. The molecule has 1 aromatic heterocycles. The summed E-state index contributed by atoms with van der Waals surface area (Å²) in [5.41, 5.74) is 2.10. The van der Waals surface area contributed by atoms with E-state index in [-0.39, 0.29) is 11.9 Å². The number of benzene rings is 1. The van der Waals surface area contributed by atoms with E-state index in [0.717, 1.165) is 29.4 Å². The average Bonchev–Trinajstić information content (AvgIpc) is 3.20. The van der Waals surface area contributed by atoms with Gasteiger partial charge in [-0.2, -0.15) is 0 Å². The highest BCUT2D eigenvalue weighted by Crippen LogP contribution is 2.24. The Kier molecular flexibility index (Phi) is 4.91. The molecule has 122 valence electrons. The summed E-state index contributed by atoms with van der Waals surface area (Å²) in [7, 11) is 1.40. The fourth-order valence-corrected chi connectivity index (χ4v) is 3.94. The van der Waals surface area contributed by atoms with Crippen molar-refractivity contribution in [3.63, 3.8) is 0 Å².